The second-order valence-corrected chi connectivity index (χ2v) is 5.17. The Morgan fingerprint density at radius 3 is 2.76 bits per heavy atom. The molecule has 1 aliphatic rings. The maximum absolute atomic E-state index is 4.07. The van der Waals surface area contributed by atoms with Crippen molar-refractivity contribution < 1.29 is 0 Å². The Morgan fingerprint density at radius 1 is 1.35 bits per heavy atom. The van der Waals surface area contributed by atoms with Gasteiger partial charge < -0.3 is 4.90 Å². The molecule has 2 rings (SSSR count). The first-order valence-electron chi connectivity index (χ1n) is 5.65. The molecule has 0 saturated heterocycles. The van der Waals surface area contributed by atoms with Gasteiger partial charge in [0.1, 0.15) is 0 Å². The molecule has 0 aliphatic carbocycles. The molecule has 0 atom stereocenters. The average molecular weight is 243 g/mol. The highest BCUT2D eigenvalue weighted by Gasteiger charge is 2.20. The van der Waals surface area contributed by atoms with Gasteiger partial charge in [-0.25, -0.2) is 0 Å². The van der Waals surface area contributed by atoms with Gasteiger partial charge in [-0.2, -0.15) is 0 Å². The summed E-state index contributed by atoms with van der Waals surface area (Å²) in [5.74, 6) is 0. The van der Waals surface area contributed by atoms with Crippen LogP contribution in [0.15, 0.2) is 47.9 Å². The summed E-state index contributed by atoms with van der Waals surface area (Å²) in [4.78, 5) is 2.20. The number of rotatable bonds is 3. The third-order valence-electron chi connectivity index (χ3n) is 2.87. The molecule has 1 heterocycles. The summed E-state index contributed by atoms with van der Waals surface area (Å²) in [7, 11) is 0. The predicted octanol–water partition coefficient (Wildman–Crippen LogP) is 4.31. The summed E-state index contributed by atoms with van der Waals surface area (Å²) in [5.41, 5.74) is 5.12. The SMILES string of the molecule is C=CCN1C(=C)SC=C1c1ccc(C)cc1C. The van der Waals surface area contributed by atoms with Gasteiger partial charge in [0.05, 0.1) is 10.7 Å². The lowest BCUT2D eigenvalue weighted by Gasteiger charge is -2.22. The van der Waals surface area contributed by atoms with Crippen LogP contribution in [0.2, 0.25) is 0 Å². The van der Waals surface area contributed by atoms with Gasteiger partial charge in [0.15, 0.2) is 0 Å². The van der Waals surface area contributed by atoms with Crippen LogP contribution in [0.1, 0.15) is 16.7 Å². The fourth-order valence-corrected chi connectivity index (χ4v) is 2.83. The first-order valence-corrected chi connectivity index (χ1v) is 6.53. The van der Waals surface area contributed by atoms with Gasteiger partial charge in [0.25, 0.3) is 0 Å². The Balaban J connectivity index is 2.39. The fraction of sp³-hybridized carbons (Fsp3) is 0.200. The molecule has 1 aliphatic heterocycles. The quantitative estimate of drug-likeness (QED) is 0.728. The fourth-order valence-electron chi connectivity index (χ4n) is 2.02. The zero-order valence-electron chi connectivity index (χ0n) is 10.4. The maximum Gasteiger partial charge on any atom is 0.0725 e. The number of hydrogen-bond donors (Lipinski definition) is 0. The van der Waals surface area contributed by atoms with Crippen molar-refractivity contribution in [3.8, 4) is 0 Å². The molecule has 0 radical (unpaired) electrons. The molecule has 88 valence electrons. The Labute approximate surface area is 108 Å². The van der Waals surface area contributed by atoms with Crippen LogP contribution < -0.4 is 0 Å². The van der Waals surface area contributed by atoms with E-state index >= 15 is 0 Å². The lowest BCUT2D eigenvalue weighted by Crippen LogP contribution is -2.16. The van der Waals surface area contributed by atoms with E-state index in [4.69, 9.17) is 0 Å². The summed E-state index contributed by atoms with van der Waals surface area (Å²) in [6, 6.07) is 6.56. The number of benzene rings is 1. The van der Waals surface area contributed by atoms with E-state index in [9.17, 15) is 0 Å². The molecule has 0 bridgehead atoms. The monoisotopic (exact) mass is 243 g/mol. The van der Waals surface area contributed by atoms with Crippen molar-refractivity contribution in [3.05, 3.63) is 64.6 Å². The molecule has 1 nitrogen and oxygen atoms in total. The number of aryl methyl sites for hydroxylation is 2. The maximum atomic E-state index is 4.07. The minimum atomic E-state index is 0.810. The van der Waals surface area contributed by atoms with Crippen LogP contribution in [0, 0.1) is 13.8 Å². The standard InChI is InChI=1S/C15H17NS/c1-5-8-16-13(4)17-10-15(16)14-7-6-11(2)9-12(14)3/h5-7,9-10H,1,4,8H2,2-3H3. The average Bonchev–Trinajstić information content (AvgIpc) is 2.62. The molecule has 17 heavy (non-hydrogen) atoms. The van der Waals surface area contributed by atoms with Crippen LogP contribution in [0.3, 0.4) is 0 Å². The number of hydrogen-bond acceptors (Lipinski definition) is 2. The molecule has 0 saturated carbocycles. The van der Waals surface area contributed by atoms with Crippen LogP contribution in [-0.4, -0.2) is 11.4 Å². The highest BCUT2D eigenvalue weighted by Crippen LogP contribution is 2.39. The normalized spacial score (nSPS) is 15.1. The van der Waals surface area contributed by atoms with Crippen molar-refractivity contribution in [1.29, 1.82) is 0 Å². The van der Waals surface area contributed by atoms with Gasteiger partial charge in [0, 0.05) is 17.5 Å². The van der Waals surface area contributed by atoms with Crippen LogP contribution >= 0.6 is 11.8 Å². The Hall–Kier alpha value is -1.41. The lowest BCUT2D eigenvalue weighted by atomic mass is 10.0. The van der Waals surface area contributed by atoms with E-state index in [1.807, 2.05) is 6.08 Å². The van der Waals surface area contributed by atoms with Crippen molar-refractivity contribution in [2.45, 2.75) is 13.8 Å². The van der Waals surface area contributed by atoms with Crippen molar-refractivity contribution in [2.24, 2.45) is 0 Å². The second kappa shape index (κ2) is 4.84. The van der Waals surface area contributed by atoms with Gasteiger partial charge >= 0.3 is 0 Å². The molecule has 0 amide bonds. The molecule has 2 heteroatoms. The zero-order valence-corrected chi connectivity index (χ0v) is 11.2. The van der Waals surface area contributed by atoms with Crippen molar-refractivity contribution in [3.63, 3.8) is 0 Å². The van der Waals surface area contributed by atoms with Crippen LogP contribution in [0.4, 0.5) is 0 Å². The third-order valence-corrected chi connectivity index (χ3v) is 3.70. The van der Waals surface area contributed by atoms with Gasteiger partial charge in [-0.15, -0.1) is 6.58 Å². The summed E-state index contributed by atoms with van der Waals surface area (Å²) >= 11 is 1.68. The van der Waals surface area contributed by atoms with Crippen molar-refractivity contribution in [2.75, 3.05) is 6.54 Å². The molecule has 0 unspecified atom stereocenters. The summed E-state index contributed by atoms with van der Waals surface area (Å²) in [5, 5.41) is 3.24. The molecular formula is C15H17NS. The number of nitrogens with zero attached hydrogens (tertiary/aromatic N) is 1. The van der Waals surface area contributed by atoms with Gasteiger partial charge in [-0.05, 0) is 19.4 Å². The van der Waals surface area contributed by atoms with Gasteiger partial charge in [-0.3, -0.25) is 0 Å². The smallest absolute Gasteiger partial charge is 0.0725 e. The first-order chi connectivity index (χ1) is 8.13. The van der Waals surface area contributed by atoms with E-state index in [1.165, 1.54) is 22.4 Å². The Morgan fingerprint density at radius 2 is 2.12 bits per heavy atom. The minimum Gasteiger partial charge on any atom is -0.332 e. The highest BCUT2D eigenvalue weighted by atomic mass is 32.2. The van der Waals surface area contributed by atoms with Crippen LogP contribution in [0.25, 0.3) is 5.70 Å². The highest BCUT2D eigenvalue weighted by molar-refractivity contribution is 8.06. The topological polar surface area (TPSA) is 3.24 Å². The summed E-state index contributed by atoms with van der Waals surface area (Å²) in [6.45, 7) is 13.0. The third kappa shape index (κ3) is 2.32. The van der Waals surface area contributed by atoms with E-state index in [-0.39, 0.29) is 0 Å². The second-order valence-electron chi connectivity index (χ2n) is 4.23. The zero-order chi connectivity index (χ0) is 12.4. The predicted molar refractivity (Wildman–Crippen MR) is 77.5 cm³/mol. The van der Waals surface area contributed by atoms with Crippen LogP contribution in [-0.2, 0) is 0 Å². The van der Waals surface area contributed by atoms with E-state index in [1.54, 1.807) is 11.8 Å². The molecule has 0 aromatic heterocycles. The van der Waals surface area contributed by atoms with Gasteiger partial charge in [-0.1, -0.05) is 48.2 Å². The Kier molecular flexibility index (Phi) is 3.43. The van der Waals surface area contributed by atoms with Crippen molar-refractivity contribution in [1.82, 2.24) is 4.90 Å². The largest absolute Gasteiger partial charge is 0.332 e. The summed E-state index contributed by atoms with van der Waals surface area (Å²) in [6.07, 6.45) is 1.91. The molecule has 0 N–H and O–H groups in total. The molecule has 0 spiro atoms. The first kappa shape index (κ1) is 12.1. The molecule has 1 aromatic carbocycles. The van der Waals surface area contributed by atoms with E-state index in [0.717, 1.165) is 11.6 Å². The Bertz CT molecular complexity index is 500. The van der Waals surface area contributed by atoms with E-state index in [0.29, 0.717) is 0 Å². The number of thioether (sulfide) groups is 1. The summed E-state index contributed by atoms with van der Waals surface area (Å²) < 4.78 is 0. The molecular weight excluding hydrogens is 226 g/mol. The lowest BCUT2D eigenvalue weighted by molar-refractivity contribution is 0.588. The van der Waals surface area contributed by atoms with E-state index < -0.39 is 0 Å². The molecule has 1 aromatic rings. The minimum absolute atomic E-state index is 0.810. The van der Waals surface area contributed by atoms with Crippen LogP contribution in [0.5, 0.6) is 0 Å². The van der Waals surface area contributed by atoms with E-state index in [2.05, 4.69) is 55.5 Å². The van der Waals surface area contributed by atoms with Crippen molar-refractivity contribution >= 4 is 17.5 Å². The van der Waals surface area contributed by atoms with Gasteiger partial charge in [0.2, 0.25) is 0 Å². The molecule has 0 fully saturated rings.